The zero-order chi connectivity index (χ0) is 18.9. The van der Waals surface area contributed by atoms with Gasteiger partial charge in [0.2, 0.25) is 0 Å². The van der Waals surface area contributed by atoms with Crippen molar-refractivity contribution in [1.82, 2.24) is 10.2 Å². The average molecular weight is 404 g/mol. The minimum absolute atomic E-state index is 0. The summed E-state index contributed by atoms with van der Waals surface area (Å²) < 4.78 is 5.14. The number of likely N-dealkylation sites (tertiary alicyclic amines) is 1. The van der Waals surface area contributed by atoms with Crippen LogP contribution in [0.4, 0.5) is 5.69 Å². The Morgan fingerprint density at radius 1 is 1.21 bits per heavy atom. The van der Waals surface area contributed by atoms with E-state index in [1.165, 1.54) is 19.1 Å². The van der Waals surface area contributed by atoms with Crippen molar-refractivity contribution in [2.24, 2.45) is 5.41 Å². The molecule has 2 amide bonds. The maximum Gasteiger partial charge on any atom is 0.291 e. The summed E-state index contributed by atoms with van der Waals surface area (Å²) in [6.07, 6.45) is 4.88. The lowest BCUT2D eigenvalue weighted by molar-refractivity contribution is 0.0763. The third-order valence-electron chi connectivity index (χ3n) is 5.84. The first kappa shape index (κ1) is 20.4. The fraction of sp³-hybridized carbons (Fsp3) is 0.429. The minimum Gasteiger partial charge on any atom is -0.459 e. The number of hydrogen-bond donors (Lipinski definition) is 2. The van der Waals surface area contributed by atoms with E-state index >= 15 is 0 Å². The summed E-state index contributed by atoms with van der Waals surface area (Å²) in [6.45, 7) is 5.55. The highest BCUT2D eigenvalue weighted by Gasteiger charge is 2.41. The Bertz CT molecular complexity index is 845. The fourth-order valence-corrected chi connectivity index (χ4v) is 4.25. The molecule has 0 radical (unpaired) electrons. The molecule has 2 aliphatic rings. The van der Waals surface area contributed by atoms with E-state index in [0.717, 1.165) is 38.2 Å². The molecule has 0 saturated carbocycles. The molecule has 1 atom stereocenters. The summed E-state index contributed by atoms with van der Waals surface area (Å²) >= 11 is 0. The molecule has 2 N–H and O–H groups in total. The lowest BCUT2D eigenvalue weighted by Gasteiger charge is -2.33. The van der Waals surface area contributed by atoms with Crippen molar-refractivity contribution in [1.29, 1.82) is 0 Å². The second-order valence-corrected chi connectivity index (χ2v) is 7.67. The van der Waals surface area contributed by atoms with Crippen molar-refractivity contribution in [3.05, 3.63) is 53.5 Å². The summed E-state index contributed by atoms with van der Waals surface area (Å²) in [5.41, 5.74) is 2.29. The molecule has 2 aliphatic heterocycles. The number of carbonyl (C=O) groups excluding carboxylic acids is 2. The zero-order valence-corrected chi connectivity index (χ0v) is 16.8. The number of hydrogen-bond acceptors (Lipinski definition) is 4. The SMILES string of the molecule is Cc1c(NC(=O)c2ccco2)cccc1C(=O)N1CCC2(CCCNC2)C1.Cl. The number of anilines is 1. The number of halogens is 1. The molecule has 6 nitrogen and oxygen atoms in total. The summed E-state index contributed by atoms with van der Waals surface area (Å²) in [4.78, 5) is 27.4. The van der Waals surface area contributed by atoms with Crippen molar-refractivity contribution >= 4 is 29.9 Å². The second kappa shape index (κ2) is 8.37. The number of nitrogens with zero attached hydrogens (tertiary/aromatic N) is 1. The van der Waals surface area contributed by atoms with E-state index in [4.69, 9.17) is 4.42 Å². The van der Waals surface area contributed by atoms with Gasteiger partial charge in [-0.3, -0.25) is 9.59 Å². The van der Waals surface area contributed by atoms with Crippen LogP contribution in [0.1, 0.15) is 45.7 Å². The molecule has 2 saturated heterocycles. The summed E-state index contributed by atoms with van der Waals surface area (Å²) in [7, 11) is 0. The Labute approximate surface area is 171 Å². The number of furan rings is 1. The highest BCUT2D eigenvalue weighted by atomic mass is 35.5. The maximum absolute atomic E-state index is 13.1. The topological polar surface area (TPSA) is 74.6 Å². The number of carbonyl (C=O) groups is 2. The van der Waals surface area contributed by atoms with E-state index in [2.05, 4.69) is 10.6 Å². The molecular weight excluding hydrogens is 378 g/mol. The van der Waals surface area contributed by atoms with Gasteiger partial charge in [-0.2, -0.15) is 0 Å². The smallest absolute Gasteiger partial charge is 0.291 e. The quantitative estimate of drug-likeness (QED) is 0.822. The third-order valence-corrected chi connectivity index (χ3v) is 5.84. The van der Waals surface area contributed by atoms with Crippen LogP contribution in [-0.2, 0) is 0 Å². The lowest BCUT2D eigenvalue weighted by atomic mass is 9.80. The predicted molar refractivity (Wildman–Crippen MR) is 110 cm³/mol. The molecule has 2 fully saturated rings. The molecule has 0 bridgehead atoms. The van der Waals surface area contributed by atoms with Crippen LogP contribution in [0, 0.1) is 12.3 Å². The van der Waals surface area contributed by atoms with Crippen LogP contribution in [0.2, 0.25) is 0 Å². The van der Waals surface area contributed by atoms with E-state index in [9.17, 15) is 9.59 Å². The molecule has 3 heterocycles. The zero-order valence-electron chi connectivity index (χ0n) is 16.0. The van der Waals surface area contributed by atoms with Gasteiger partial charge in [0.25, 0.3) is 11.8 Å². The van der Waals surface area contributed by atoms with E-state index in [0.29, 0.717) is 11.3 Å². The summed E-state index contributed by atoms with van der Waals surface area (Å²) in [6, 6.07) is 8.74. The monoisotopic (exact) mass is 403 g/mol. The highest BCUT2D eigenvalue weighted by Crippen LogP contribution is 2.37. The summed E-state index contributed by atoms with van der Waals surface area (Å²) in [5, 5.41) is 6.32. The van der Waals surface area contributed by atoms with Crippen LogP contribution in [0.5, 0.6) is 0 Å². The number of rotatable bonds is 3. The molecule has 28 heavy (non-hydrogen) atoms. The van der Waals surface area contributed by atoms with Crippen LogP contribution in [0.3, 0.4) is 0 Å². The van der Waals surface area contributed by atoms with Gasteiger partial charge in [0.1, 0.15) is 0 Å². The van der Waals surface area contributed by atoms with Gasteiger partial charge < -0.3 is 20.0 Å². The highest BCUT2D eigenvalue weighted by molar-refractivity contribution is 6.04. The van der Waals surface area contributed by atoms with Gasteiger partial charge >= 0.3 is 0 Å². The molecule has 2 aromatic rings. The van der Waals surface area contributed by atoms with Crippen molar-refractivity contribution in [3.63, 3.8) is 0 Å². The first-order valence-corrected chi connectivity index (χ1v) is 9.52. The van der Waals surface area contributed by atoms with E-state index in [1.54, 1.807) is 12.1 Å². The molecule has 150 valence electrons. The molecule has 1 unspecified atom stereocenters. The van der Waals surface area contributed by atoms with E-state index in [1.807, 2.05) is 30.0 Å². The second-order valence-electron chi connectivity index (χ2n) is 7.67. The normalized spacial score (nSPS) is 21.4. The molecular formula is C21H26ClN3O3. The molecule has 1 aromatic carbocycles. The van der Waals surface area contributed by atoms with Crippen LogP contribution in [0.25, 0.3) is 0 Å². The summed E-state index contributed by atoms with van der Waals surface area (Å²) in [5.74, 6) is -0.0254. The predicted octanol–water partition coefficient (Wildman–Crippen LogP) is 3.48. The van der Waals surface area contributed by atoms with Crippen LogP contribution in [-0.4, -0.2) is 42.9 Å². The fourth-order valence-electron chi connectivity index (χ4n) is 4.25. The van der Waals surface area contributed by atoms with Gasteiger partial charge in [-0.15, -0.1) is 12.4 Å². The Hall–Kier alpha value is -2.31. The van der Waals surface area contributed by atoms with Crippen LogP contribution < -0.4 is 10.6 Å². The van der Waals surface area contributed by atoms with Gasteiger partial charge in [0.05, 0.1) is 6.26 Å². The molecule has 0 aliphatic carbocycles. The lowest BCUT2D eigenvalue weighted by Crippen LogP contribution is -2.42. The van der Waals surface area contributed by atoms with Crippen LogP contribution in [0.15, 0.2) is 41.0 Å². The van der Waals surface area contributed by atoms with Crippen molar-refractivity contribution in [2.75, 3.05) is 31.5 Å². The Morgan fingerprint density at radius 2 is 2.07 bits per heavy atom. The van der Waals surface area contributed by atoms with Gasteiger partial charge in [-0.05, 0) is 62.6 Å². The van der Waals surface area contributed by atoms with E-state index < -0.39 is 0 Å². The van der Waals surface area contributed by atoms with Crippen molar-refractivity contribution < 1.29 is 14.0 Å². The van der Waals surface area contributed by atoms with Crippen molar-refractivity contribution in [3.8, 4) is 0 Å². The number of nitrogens with one attached hydrogen (secondary N) is 2. The standard InChI is InChI=1S/C21H25N3O3.ClH/c1-15-16(5-2-6-17(15)23-19(25)18-7-3-12-27-18)20(26)24-11-9-21(14-24)8-4-10-22-13-21;/h2-3,5-7,12,22H,4,8-11,13-14H2,1H3,(H,23,25);1H. The third kappa shape index (κ3) is 3.93. The Balaban J connectivity index is 0.00000225. The largest absolute Gasteiger partial charge is 0.459 e. The van der Waals surface area contributed by atoms with Gasteiger partial charge in [-0.25, -0.2) is 0 Å². The molecule has 1 spiro atoms. The van der Waals surface area contributed by atoms with Crippen LogP contribution >= 0.6 is 12.4 Å². The minimum atomic E-state index is -0.318. The van der Waals surface area contributed by atoms with E-state index in [-0.39, 0.29) is 35.4 Å². The van der Waals surface area contributed by atoms with Crippen molar-refractivity contribution in [2.45, 2.75) is 26.2 Å². The first-order valence-electron chi connectivity index (χ1n) is 9.52. The number of amides is 2. The Morgan fingerprint density at radius 3 is 2.79 bits per heavy atom. The molecule has 7 heteroatoms. The molecule has 1 aromatic heterocycles. The van der Waals surface area contributed by atoms with Gasteiger partial charge in [0.15, 0.2) is 5.76 Å². The number of benzene rings is 1. The van der Waals surface area contributed by atoms with Gasteiger partial charge in [0, 0.05) is 36.3 Å². The van der Waals surface area contributed by atoms with Gasteiger partial charge in [-0.1, -0.05) is 6.07 Å². The average Bonchev–Trinajstić information content (AvgIpc) is 3.34. The Kier molecular flexibility index (Phi) is 6.10. The maximum atomic E-state index is 13.1. The molecule has 4 rings (SSSR count). The first-order chi connectivity index (χ1) is 13.1. The number of piperidine rings is 1.